The molecule has 1 saturated heterocycles. The zero-order valence-corrected chi connectivity index (χ0v) is 18.5. The predicted octanol–water partition coefficient (Wildman–Crippen LogP) is 4.60. The molecule has 0 saturated carbocycles. The van der Waals surface area contributed by atoms with Gasteiger partial charge in [0.1, 0.15) is 0 Å². The normalized spacial score (nSPS) is 14.7. The first-order valence-corrected chi connectivity index (χ1v) is 11.0. The van der Waals surface area contributed by atoms with Crippen molar-refractivity contribution in [1.82, 2.24) is 9.80 Å². The highest BCUT2D eigenvalue weighted by Crippen LogP contribution is 2.23. The minimum absolute atomic E-state index is 0.0309. The Kier molecular flexibility index (Phi) is 7.88. The van der Waals surface area contributed by atoms with Gasteiger partial charge in [-0.3, -0.25) is 14.5 Å². The van der Waals surface area contributed by atoms with Gasteiger partial charge in [-0.05, 0) is 62.6 Å². The van der Waals surface area contributed by atoms with Gasteiger partial charge in [0, 0.05) is 35.4 Å². The van der Waals surface area contributed by atoms with Crippen LogP contribution in [0, 0.1) is 6.92 Å². The first-order valence-electron chi connectivity index (χ1n) is 10.6. The van der Waals surface area contributed by atoms with Crippen LogP contribution in [0.1, 0.15) is 42.1 Å². The molecule has 160 valence electrons. The van der Waals surface area contributed by atoms with Gasteiger partial charge < -0.3 is 10.2 Å². The van der Waals surface area contributed by atoms with Crippen molar-refractivity contribution >= 4 is 29.1 Å². The van der Waals surface area contributed by atoms with Crippen LogP contribution in [0.2, 0.25) is 5.02 Å². The molecule has 5 nitrogen and oxygen atoms in total. The summed E-state index contributed by atoms with van der Waals surface area (Å²) in [6, 6.07) is 15.3. The molecule has 0 bridgehead atoms. The van der Waals surface area contributed by atoms with E-state index in [0.717, 1.165) is 42.6 Å². The van der Waals surface area contributed by atoms with Crippen LogP contribution in [-0.2, 0) is 4.79 Å². The molecule has 1 N–H and O–H groups in total. The third-order valence-corrected chi connectivity index (χ3v) is 6.10. The number of amides is 2. The number of halogens is 1. The molecule has 0 atom stereocenters. The lowest BCUT2D eigenvalue weighted by atomic mass is 10.0. The minimum atomic E-state index is -0.0309. The average molecular weight is 428 g/mol. The zero-order valence-electron chi connectivity index (χ0n) is 17.7. The fourth-order valence-corrected chi connectivity index (χ4v) is 4.17. The maximum Gasteiger partial charge on any atom is 0.253 e. The van der Waals surface area contributed by atoms with Crippen molar-refractivity contribution in [2.24, 2.45) is 0 Å². The molecule has 1 aliphatic rings. The highest BCUT2D eigenvalue weighted by Gasteiger charge is 2.28. The molecule has 0 aromatic heterocycles. The van der Waals surface area contributed by atoms with Gasteiger partial charge in [0.05, 0.1) is 6.54 Å². The molecule has 1 aliphatic heterocycles. The van der Waals surface area contributed by atoms with E-state index < -0.39 is 0 Å². The van der Waals surface area contributed by atoms with Gasteiger partial charge in [-0.1, -0.05) is 42.8 Å². The number of benzene rings is 2. The van der Waals surface area contributed by atoms with E-state index in [1.165, 1.54) is 0 Å². The Balaban J connectivity index is 1.57. The maximum absolute atomic E-state index is 12.7. The van der Waals surface area contributed by atoms with Crippen LogP contribution >= 0.6 is 11.6 Å². The lowest BCUT2D eigenvalue weighted by Crippen LogP contribution is -2.49. The van der Waals surface area contributed by atoms with E-state index in [9.17, 15) is 9.59 Å². The van der Waals surface area contributed by atoms with Crippen LogP contribution in [0.15, 0.2) is 48.5 Å². The van der Waals surface area contributed by atoms with E-state index in [1.54, 1.807) is 0 Å². The van der Waals surface area contributed by atoms with Gasteiger partial charge in [0.25, 0.3) is 5.91 Å². The van der Waals surface area contributed by atoms with E-state index in [2.05, 4.69) is 17.1 Å². The van der Waals surface area contributed by atoms with Gasteiger partial charge in [-0.15, -0.1) is 0 Å². The number of likely N-dealkylation sites (tertiary alicyclic amines) is 1. The minimum Gasteiger partial charge on any atom is -0.339 e. The van der Waals surface area contributed by atoms with Crippen molar-refractivity contribution in [3.63, 3.8) is 0 Å². The summed E-state index contributed by atoms with van der Waals surface area (Å²) < 4.78 is 0. The largest absolute Gasteiger partial charge is 0.339 e. The summed E-state index contributed by atoms with van der Waals surface area (Å²) >= 11 is 6.16. The Bertz CT molecular complexity index is 864. The molecular weight excluding hydrogens is 398 g/mol. The Labute approximate surface area is 184 Å². The van der Waals surface area contributed by atoms with Gasteiger partial charge >= 0.3 is 0 Å². The van der Waals surface area contributed by atoms with Gasteiger partial charge in [0.2, 0.25) is 5.91 Å². The van der Waals surface area contributed by atoms with Gasteiger partial charge in [-0.25, -0.2) is 0 Å². The molecule has 2 amide bonds. The number of carbonyl (C=O) groups excluding carboxylic acids is 2. The molecular formula is C24H30ClN3O2. The van der Waals surface area contributed by atoms with Crippen molar-refractivity contribution in [2.45, 2.75) is 39.2 Å². The third kappa shape index (κ3) is 5.61. The Morgan fingerprint density at radius 2 is 1.80 bits per heavy atom. The van der Waals surface area contributed by atoms with Crippen molar-refractivity contribution in [3.8, 4) is 0 Å². The second kappa shape index (κ2) is 10.6. The predicted molar refractivity (Wildman–Crippen MR) is 122 cm³/mol. The molecule has 30 heavy (non-hydrogen) atoms. The average Bonchev–Trinajstić information content (AvgIpc) is 2.77. The molecule has 2 aromatic rings. The SMILES string of the molecule is CCCN(CC(=O)Nc1cccc(Cl)c1C)C1CCN(C(=O)c2ccccc2)CC1. The molecule has 2 aromatic carbocycles. The molecule has 0 aliphatic carbocycles. The Morgan fingerprint density at radius 3 is 2.47 bits per heavy atom. The smallest absolute Gasteiger partial charge is 0.253 e. The summed E-state index contributed by atoms with van der Waals surface area (Å²) in [7, 11) is 0. The highest BCUT2D eigenvalue weighted by molar-refractivity contribution is 6.31. The summed E-state index contributed by atoms with van der Waals surface area (Å²) in [4.78, 5) is 29.6. The molecule has 0 radical (unpaired) electrons. The second-order valence-corrected chi connectivity index (χ2v) is 8.23. The lowest BCUT2D eigenvalue weighted by molar-refractivity contribution is -0.118. The lowest BCUT2D eigenvalue weighted by Gasteiger charge is -2.38. The van der Waals surface area contributed by atoms with E-state index >= 15 is 0 Å². The molecule has 0 unspecified atom stereocenters. The fraction of sp³-hybridized carbons (Fsp3) is 0.417. The Morgan fingerprint density at radius 1 is 1.10 bits per heavy atom. The number of carbonyl (C=O) groups is 2. The highest BCUT2D eigenvalue weighted by atomic mass is 35.5. The van der Waals surface area contributed by atoms with Crippen molar-refractivity contribution in [2.75, 3.05) is 31.5 Å². The standard InChI is InChI=1S/C24H30ClN3O2/c1-3-14-28(17-23(29)26-22-11-7-10-21(25)18(22)2)20-12-15-27(16-13-20)24(30)19-8-5-4-6-9-19/h4-11,20H,3,12-17H2,1-2H3,(H,26,29). The van der Waals surface area contributed by atoms with Crippen LogP contribution < -0.4 is 5.32 Å². The number of hydrogen-bond donors (Lipinski definition) is 1. The second-order valence-electron chi connectivity index (χ2n) is 7.82. The first kappa shape index (κ1) is 22.3. The van der Waals surface area contributed by atoms with E-state index in [0.29, 0.717) is 30.7 Å². The fourth-order valence-electron chi connectivity index (χ4n) is 3.99. The third-order valence-electron chi connectivity index (χ3n) is 5.69. The Hall–Kier alpha value is -2.37. The number of nitrogens with one attached hydrogen (secondary N) is 1. The quantitative estimate of drug-likeness (QED) is 0.702. The maximum atomic E-state index is 12.7. The number of piperidine rings is 1. The van der Waals surface area contributed by atoms with Gasteiger partial charge in [0.15, 0.2) is 0 Å². The first-order chi connectivity index (χ1) is 14.5. The summed E-state index contributed by atoms with van der Waals surface area (Å²) in [5.74, 6) is 0.0573. The van der Waals surface area contributed by atoms with Crippen LogP contribution in [-0.4, -0.2) is 53.8 Å². The van der Waals surface area contributed by atoms with E-state index in [4.69, 9.17) is 11.6 Å². The summed E-state index contributed by atoms with van der Waals surface area (Å²) in [5, 5.41) is 3.64. The summed E-state index contributed by atoms with van der Waals surface area (Å²) in [6.45, 7) is 6.67. The number of anilines is 1. The number of rotatable bonds is 7. The van der Waals surface area contributed by atoms with Crippen LogP contribution in [0.3, 0.4) is 0 Å². The van der Waals surface area contributed by atoms with Gasteiger partial charge in [-0.2, -0.15) is 0 Å². The topological polar surface area (TPSA) is 52.7 Å². The van der Waals surface area contributed by atoms with Crippen molar-refractivity contribution < 1.29 is 9.59 Å². The van der Waals surface area contributed by atoms with Crippen LogP contribution in [0.5, 0.6) is 0 Å². The summed E-state index contributed by atoms with van der Waals surface area (Å²) in [5.41, 5.74) is 2.37. The summed E-state index contributed by atoms with van der Waals surface area (Å²) in [6.07, 6.45) is 2.73. The van der Waals surface area contributed by atoms with E-state index in [1.807, 2.05) is 60.4 Å². The molecule has 0 spiro atoms. The zero-order chi connectivity index (χ0) is 21.5. The number of hydrogen-bond acceptors (Lipinski definition) is 3. The van der Waals surface area contributed by atoms with Crippen LogP contribution in [0.4, 0.5) is 5.69 Å². The monoisotopic (exact) mass is 427 g/mol. The van der Waals surface area contributed by atoms with Crippen LogP contribution in [0.25, 0.3) is 0 Å². The van der Waals surface area contributed by atoms with E-state index in [-0.39, 0.29) is 11.8 Å². The van der Waals surface area contributed by atoms with Crippen molar-refractivity contribution in [3.05, 3.63) is 64.7 Å². The molecule has 1 heterocycles. The molecule has 1 fully saturated rings. The van der Waals surface area contributed by atoms with Crippen molar-refractivity contribution in [1.29, 1.82) is 0 Å². The number of nitrogens with zero attached hydrogens (tertiary/aromatic N) is 2. The molecule has 3 rings (SSSR count). The molecule has 6 heteroatoms.